The molecule has 4 amide bonds. The summed E-state index contributed by atoms with van der Waals surface area (Å²) in [5.74, 6) is -8.75. The van der Waals surface area contributed by atoms with Crippen molar-refractivity contribution in [1.29, 1.82) is 0 Å². The van der Waals surface area contributed by atoms with Crippen LogP contribution in [-0.2, 0) is 19.2 Å². The highest BCUT2D eigenvalue weighted by molar-refractivity contribution is 6.24. The normalized spacial score (nSPS) is 26.9. The first-order valence-electron chi connectivity index (χ1n) is 15.1. The van der Waals surface area contributed by atoms with E-state index in [1.807, 2.05) is 6.08 Å². The molecule has 7 rings (SSSR count). The van der Waals surface area contributed by atoms with Crippen LogP contribution >= 0.6 is 0 Å². The molecule has 3 aromatic rings. The Bertz CT molecular complexity index is 1900. The average molecular weight is 621 g/mol. The van der Waals surface area contributed by atoms with E-state index in [0.717, 1.165) is 15.9 Å². The Morgan fingerprint density at radius 1 is 0.696 bits per heavy atom. The number of carbonyl (C=O) groups is 6. The number of ketones is 2. The van der Waals surface area contributed by atoms with Crippen LogP contribution in [0.4, 0.5) is 15.8 Å². The molecule has 0 aromatic heterocycles. The van der Waals surface area contributed by atoms with Gasteiger partial charge in [0.15, 0.2) is 23.1 Å². The number of aromatic hydroxyl groups is 1. The summed E-state index contributed by atoms with van der Waals surface area (Å²) in [5, 5.41) is 10.9. The maximum absolute atomic E-state index is 14.8. The van der Waals surface area contributed by atoms with Gasteiger partial charge in [-0.2, -0.15) is 0 Å². The summed E-state index contributed by atoms with van der Waals surface area (Å²) in [4.78, 5) is 81.9. The van der Waals surface area contributed by atoms with Crippen LogP contribution in [0.5, 0.6) is 5.75 Å². The van der Waals surface area contributed by atoms with Crippen LogP contribution in [0, 0.1) is 35.4 Å². The largest absolute Gasteiger partial charge is 0.505 e. The molecule has 0 unspecified atom stereocenters. The first-order valence-corrected chi connectivity index (χ1v) is 15.1. The van der Waals surface area contributed by atoms with Gasteiger partial charge in [0.05, 0.1) is 35.0 Å². The van der Waals surface area contributed by atoms with Gasteiger partial charge in [-0.15, -0.1) is 0 Å². The Hall–Kier alpha value is -5.25. The van der Waals surface area contributed by atoms with Gasteiger partial charge in [-0.05, 0) is 87.2 Å². The van der Waals surface area contributed by atoms with Crippen LogP contribution in [0.1, 0.15) is 58.9 Å². The van der Waals surface area contributed by atoms with Crippen molar-refractivity contribution in [2.45, 2.75) is 32.6 Å². The van der Waals surface area contributed by atoms with Crippen LogP contribution in [0.15, 0.2) is 78.4 Å². The SMILES string of the molecule is CC(=O)c1ccc(N2C(=O)[C@H]3[C@H](CC=C4[C@H]3C[C@H]3C(=O)N(c5ccc(C(C)=O)cc5)C(=O)[C@H]3[C@H]4c3cccc(F)c3O)C2=O)cc1. The summed E-state index contributed by atoms with van der Waals surface area (Å²) in [6.45, 7) is 2.83. The van der Waals surface area contributed by atoms with E-state index in [0.29, 0.717) is 22.4 Å². The number of Topliss-reactive ketones (excluding diaryl/α,β-unsaturated/α-hetero) is 2. The quantitative estimate of drug-likeness (QED) is 0.242. The minimum Gasteiger partial charge on any atom is -0.505 e. The van der Waals surface area contributed by atoms with Gasteiger partial charge in [0.1, 0.15) is 0 Å². The van der Waals surface area contributed by atoms with Gasteiger partial charge in [0, 0.05) is 22.6 Å². The lowest BCUT2D eigenvalue weighted by Gasteiger charge is -2.44. The number of amides is 4. The number of anilines is 2. The monoisotopic (exact) mass is 620 g/mol. The summed E-state index contributed by atoms with van der Waals surface area (Å²) in [7, 11) is 0. The first-order chi connectivity index (χ1) is 22.0. The van der Waals surface area contributed by atoms with Gasteiger partial charge in [-0.3, -0.25) is 38.6 Å². The molecular weight excluding hydrogens is 591 g/mol. The highest BCUT2D eigenvalue weighted by Gasteiger charge is 2.62. The van der Waals surface area contributed by atoms with Gasteiger partial charge in [-0.1, -0.05) is 23.8 Å². The molecule has 2 aliphatic heterocycles. The first kappa shape index (κ1) is 29.5. The average Bonchev–Trinajstić information content (AvgIpc) is 3.45. The second-order valence-corrected chi connectivity index (χ2v) is 12.4. The third kappa shape index (κ3) is 4.27. The van der Waals surface area contributed by atoms with E-state index in [9.17, 15) is 38.3 Å². The van der Waals surface area contributed by atoms with Crippen molar-refractivity contribution in [3.63, 3.8) is 0 Å². The zero-order chi connectivity index (χ0) is 32.6. The number of benzene rings is 3. The smallest absolute Gasteiger partial charge is 0.238 e. The van der Waals surface area contributed by atoms with Crippen molar-refractivity contribution < 1.29 is 38.3 Å². The topological polar surface area (TPSA) is 129 Å². The molecule has 2 heterocycles. The van der Waals surface area contributed by atoms with Gasteiger partial charge in [-0.25, -0.2) is 4.39 Å². The molecule has 10 heteroatoms. The van der Waals surface area contributed by atoms with Crippen molar-refractivity contribution in [2.24, 2.45) is 29.6 Å². The number of hydrogen-bond acceptors (Lipinski definition) is 7. The van der Waals surface area contributed by atoms with Crippen molar-refractivity contribution in [2.75, 3.05) is 9.80 Å². The molecule has 46 heavy (non-hydrogen) atoms. The Balaban J connectivity index is 1.31. The number of carbonyl (C=O) groups excluding carboxylic acids is 6. The Morgan fingerprint density at radius 2 is 1.22 bits per heavy atom. The number of nitrogens with zero attached hydrogens (tertiary/aromatic N) is 2. The summed E-state index contributed by atoms with van der Waals surface area (Å²) >= 11 is 0. The minimum atomic E-state index is -0.992. The summed E-state index contributed by atoms with van der Waals surface area (Å²) in [6, 6.07) is 16.4. The molecule has 6 atom stereocenters. The second-order valence-electron chi connectivity index (χ2n) is 12.4. The highest BCUT2D eigenvalue weighted by atomic mass is 19.1. The van der Waals surface area contributed by atoms with E-state index in [-0.39, 0.29) is 35.7 Å². The zero-order valence-corrected chi connectivity index (χ0v) is 25.0. The van der Waals surface area contributed by atoms with Crippen LogP contribution in [-0.4, -0.2) is 40.3 Å². The molecule has 0 bridgehead atoms. The standard InChI is InChI=1S/C36H29FN2O7/c1-17(40)19-6-10-21(11-7-19)38-33(43)25-15-14-23-26(30(25)35(38)45)16-27-31(29(23)24-4-3-5-28(37)32(24)42)36(46)39(34(27)44)22-12-8-20(9-13-22)18(2)41/h3-14,25-27,29-31,42H,15-16H2,1-2H3/t25-,26+,27+,29+,30-,31+/m0/s1. The lowest BCUT2D eigenvalue weighted by atomic mass is 9.57. The number of allylic oxidation sites excluding steroid dienone is 2. The van der Waals surface area contributed by atoms with Crippen LogP contribution in [0.25, 0.3) is 0 Å². The fourth-order valence-electron chi connectivity index (χ4n) is 7.92. The van der Waals surface area contributed by atoms with Gasteiger partial charge in [0.25, 0.3) is 0 Å². The van der Waals surface area contributed by atoms with Crippen molar-refractivity contribution >= 4 is 46.6 Å². The van der Waals surface area contributed by atoms with Crippen LogP contribution < -0.4 is 9.80 Å². The molecule has 1 N–H and O–H groups in total. The number of halogens is 1. The van der Waals surface area contributed by atoms with Crippen LogP contribution in [0.3, 0.4) is 0 Å². The Morgan fingerprint density at radius 3 is 1.76 bits per heavy atom. The maximum Gasteiger partial charge on any atom is 0.238 e. The van der Waals surface area contributed by atoms with Crippen LogP contribution in [0.2, 0.25) is 0 Å². The van der Waals surface area contributed by atoms with Gasteiger partial charge >= 0.3 is 0 Å². The third-order valence-electron chi connectivity index (χ3n) is 10.1. The molecule has 2 saturated heterocycles. The van der Waals surface area contributed by atoms with Crippen molar-refractivity contribution in [3.8, 4) is 5.75 Å². The van der Waals surface area contributed by atoms with E-state index in [1.165, 1.54) is 50.2 Å². The lowest BCUT2D eigenvalue weighted by molar-refractivity contribution is -0.126. The Labute approximate surface area is 263 Å². The van der Waals surface area contributed by atoms with E-state index < -0.39 is 70.7 Å². The molecular formula is C36H29FN2O7. The predicted molar refractivity (Wildman–Crippen MR) is 163 cm³/mol. The lowest BCUT2D eigenvalue weighted by Crippen LogP contribution is -2.43. The molecule has 0 spiro atoms. The molecule has 3 aromatic carbocycles. The summed E-state index contributed by atoms with van der Waals surface area (Å²) in [5.41, 5.74) is 2.20. The molecule has 2 aliphatic carbocycles. The van der Waals surface area contributed by atoms with Crippen molar-refractivity contribution in [3.05, 3.63) is 101 Å². The van der Waals surface area contributed by atoms with Crippen molar-refractivity contribution in [1.82, 2.24) is 0 Å². The van der Waals surface area contributed by atoms with E-state index in [1.54, 1.807) is 24.3 Å². The number of phenolic OH excluding ortho intramolecular Hbond substituents is 1. The molecule has 1 saturated carbocycles. The number of para-hydroxylation sites is 1. The number of fused-ring (bicyclic) bond motifs is 4. The summed E-state index contributed by atoms with van der Waals surface area (Å²) < 4.78 is 14.8. The molecule has 232 valence electrons. The Kier molecular flexibility index (Phi) is 6.84. The summed E-state index contributed by atoms with van der Waals surface area (Å²) in [6.07, 6.45) is 2.10. The number of imide groups is 2. The minimum absolute atomic E-state index is 0.104. The maximum atomic E-state index is 14.8. The molecule has 4 aliphatic rings. The zero-order valence-electron chi connectivity index (χ0n) is 25.0. The van der Waals surface area contributed by atoms with E-state index in [4.69, 9.17) is 0 Å². The highest BCUT2D eigenvalue weighted by Crippen LogP contribution is 2.59. The number of phenols is 1. The van der Waals surface area contributed by atoms with Gasteiger partial charge < -0.3 is 5.11 Å². The molecule has 3 fully saturated rings. The van der Waals surface area contributed by atoms with E-state index >= 15 is 0 Å². The molecule has 0 radical (unpaired) electrons. The van der Waals surface area contributed by atoms with E-state index in [2.05, 4.69) is 0 Å². The fraction of sp³-hybridized carbons (Fsp3) is 0.278. The molecule has 9 nitrogen and oxygen atoms in total. The number of hydrogen-bond donors (Lipinski definition) is 1. The predicted octanol–water partition coefficient (Wildman–Crippen LogP) is 4.98. The van der Waals surface area contributed by atoms with Gasteiger partial charge in [0.2, 0.25) is 23.6 Å². The third-order valence-corrected chi connectivity index (χ3v) is 10.1. The second kappa shape index (κ2) is 10.7. The number of rotatable bonds is 5. The fourth-order valence-corrected chi connectivity index (χ4v) is 7.92.